The van der Waals surface area contributed by atoms with E-state index in [1.54, 1.807) is 0 Å². The number of nitrogens with zero attached hydrogens (tertiary/aromatic N) is 1. The van der Waals surface area contributed by atoms with Gasteiger partial charge in [-0.05, 0) is 62.3 Å². The number of aryl methyl sites for hydroxylation is 3. The minimum atomic E-state index is -0.612. The van der Waals surface area contributed by atoms with Crippen LogP contribution in [-0.2, 0) is 11.3 Å². The molecule has 3 heteroatoms. The molecule has 108 valence electrons. The van der Waals surface area contributed by atoms with Crippen LogP contribution in [0.15, 0.2) is 12.1 Å². The van der Waals surface area contributed by atoms with Gasteiger partial charge in [0, 0.05) is 18.6 Å². The Morgan fingerprint density at radius 1 is 1.20 bits per heavy atom. The number of rotatable bonds is 3. The molecule has 0 spiro atoms. The molecule has 0 amide bonds. The molecule has 1 N–H and O–H groups in total. The van der Waals surface area contributed by atoms with E-state index in [0.29, 0.717) is 6.04 Å². The Hall–Kier alpha value is -1.35. The molecule has 2 bridgehead atoms. The first-order valence-electron chi connectivity index (χ1n) is 7.52. The average molecular weight is 273 g/mol. The summed E-state index contributed by atoms with van der Waals surface area (Å²) in [4.78, 5) is 13.8. The standard InChI is InChI=1S/C17H23NO2/c1-10-6-12(3)13(7-11(10)2)9-18-14-4-5-16(18)15(8-14)17(19)20/h6-7,14-16H,4-5,8-9H2,1-3H3,(H,19,20). The van der Waals surface area contributed by atoms with Crippen molar-refractivity contribution in [1.29, 1.82) is 0 Å². The van der Waals surface area contributed by atoms with Crippen molar-refractivity contribution in [2.75, 3.05) is 0 Å². The van der Waals surface area contributed by atoms with Gasteiger partial charge in [0.05, 0.1) is 5.92 Å². The van der Waals surface area contributed by atoms with Crippen LogP contribution in [0.25, 0.3) is 0 Å². The number of carboxylic acids is 1. The molecule has 3 nitrogen and oxygen atoms in total. The third kappa shape index (κ3) is 2.14. The second-order valence-corrected chi connectivity index (χ2v) is 6.51. The van der Waals surface area contributed by atoms with E-state index >= 15 is 0 Å². The summed E-state index contributed by atoms with van der Waals surface area (Å²) in [5.41, 5.74) is 5.34. The van der Waals surface area contributed by atoms with Crippen molar-refractivity contribution in [1.82, 2.24) is 4.90 Å². The van der Waals surface area contributed by atoms with E-state index in [4.69, 9.17) is 0 Å². The minimum absolute atomic E-state index is 0.152. The van der Waals surface area contributed by atoms with Crippen LogP contribution in [0.3, 0.4) is 0 Å². The molecule has 1 aromatic rings. The van der Waals surface area contributed by atoms with Crippen molar-refractivity contribution in [2.45, 2.75) is 58.7 Å². The first-order chi connectivity index (χ1) is 9.47. The lowest BCUT2D eigenvalue weighted by Crippen LogP contribution is -2.32. The van der Waals surface area contributed by atoms with Crippen molar-refractivity contribution in [2.24, 2.45) is 5.92 Å². The number of carboxylic acid groups (broad SMARTS) is 1. The number of benzene rings is 1. The van der Waals surface area contributed by atoms with Crippen LogP contribution < -0.4 is 0 Å². The summed E-state index contributed by atoms with van der Waals surface area (Å²) in [6.45, 7) is 7.36. The van der Waals surface area contributed by atoms with E-state index in [-0.39, 0.29) is 12.0 Å². The maximum absolute atomic E-state index is 11.3. The topological polar surface area (TPSA) is 40.5 Å². The highest BCUT2D eigenvalue weighted by molar-refractivity contribution is 5.71. The largest absolute Gasteiger partial charge is 0.481 e. The third-order valence-electron chi connectivity index (χ3n) is 5.30. The zero-order valence-electron chi connectivity index (χ0n) is 12.5. The molecule has 2 aliphatic rings. The number of hydrogen-bond acceptors (Lipinski definition) is 2. The van der Waals surface area contributed by atoms with Crippen LogP contribution in [0.2, 0.25) is 0 Å². The van der Waals surface area contributed by atoms with E-state index in [0.717, 1.165) is 19.4 Å². The zero-order valence-corrected chi connectivity index (χ0v) is 12.5. The lowest BCUT2D eigenvalue weighted by Gasteiger charge is -2.24. The summed E-state index contributed by atoms with van der Waals surface area (Å²) < 4.78 is 0. The van der Waals surface area contributed by atoms with Crippen LogP contribution in [0.1, 0.15) is 41.5 Å². The number of fused-ring (bicyclic) bond motifs is 2. The summed E-state index contributed by atoms with van der Waals surface area (Å²) in [5.74, 6) is -0.764. The molecule has 2 fully saturated rings. The van der Waals surface area contributed by atoms with Gasteiger partial charge < -0.3 is 5.11 Å². The summed E-state index contributed by atoms with van der Waals surface area (Å²) in [7, 11) is 0. The first-order valence-corrected chi connectivity index (χ1v) is 7.52. The van der Waals surface area contributed by atoms with E-state index in [1.807, 2.05) is 0 Å². The Morgan fingerprint density at radius 2 is 1.90 bits per heavy atom. The second-order valence-electron chi connectivity index (χ2n) is 6.51. The molecular formula is C17H23NO2. The van der Waals surface area contributed by atoms with Crippen molar-refractivity contribution in [3.05, 3.63) is 34.4 Å². The average Bonchev–Trinajstić information content (AvgIpc) is 2.93. The highest BCUT2D eigenvalue weighted by atomic mass is 16.4. The summed E-state index contributed by atoms with van der Waals surface area (Å²) in [6.07, 6.45) is 3.05. The number of aliphatic carboxylic acids is 1. The fraction of sp³-hybridized carbons (Fsp3) is 0.588. The fourth-order valence-corrected chi connectivity index (χ4v) is 4.00. The third-order valence-corrected chi connectivity index (χ3v) is 5.30. The van der Waals surface area contributed by atoms with Crippen LogP contribution in [0.4, 0.5) is 0 Å². The first kappa shape index (κ1) is 13.6. The van der Waals surface area contributed by atoms with Gasteiger partial charge in [-0.3, -0.25) is 9.69 Å². The molecule has 2 saturated heterocycles. The van der Waals surface area contributed by atoms with E-state index in [1.165, 1.54) is 28.7 Å². The van der Waals surface area contributed by atoms with Gasteiger partial charge in [-0.1, -0.05) is 12.1 Å². The van der Waals surface area contributed by atoms with Gasteiger partial charge in [0.15, 0.2) is 0 Å². The molecule has 2 aliphatic heterocycles. The van der Waals surface area contributed by atoms with Gasteiger partial charge in [0.25, 0.3) is 0 Å². The SMILES string of the molecule is Cc1cc(C)c(CN2C3CCC2C(C(=O)O)C3)cc1C. The van der Waals surface area contributed by atoms with Crippen LogP contribution >= 0.6 is 0 Å². The highest BCUT2D eigenvalue weighted by Crippen LogP contribution is 2.42. The Kier molecular flexibility index (Phi) is 3.33. The van der Waals surface area contributed by atoms with Gasteiger partial charge in [-0.2, -0.15) is 0 Å². The maximum Gasteiger partial charge on any atom is 0.308 e. The molecule has 1 aromatic carbocycles. The number of carbonyl (C=O) groups is 1. The molecule has 3 unspecified atom stereocenters. The van der Waals surface area contributed by atoms with E-state index < -0.39 is 5.97 Å². The molecule has 0 aromatic heterocycles. The predicted molar refractivity (Wildman–Crippen MR) is 78.7 cm³/mol. The predicted octanol–water partition coefficient (Wildman–Crippen LogP) is 3.05. The molecule has 0 saturated carbocycles. The van der Waals surface area contributed by atoms with Gasteiger partial charge in [0.2, 0.25) is 0 Å². The monoisotopic (exact) mass is 273 g/mol. The maximum atomic E-state index is 11.3. The van der Waals surface area contributed by atoms with E-state index in [2.05, 4.69) is 37.8 Å². The Labute approximate surface area is 120 Å². The molecular weight excluding hydrogens is 250 g/mol. The van der Waals surface area contributed by atoms with Crippen molar-refractivity contribution < 1.29 is 9.90 Å². The molecule has 0 radical (unpaired) electrons. The van der Waals surface area contributed by atoms with Crippen LogP contribution in [0.5, 0.6) is 0 Å². The number of hydrogen-bond donors (Lipinski definition) is 1. The van der Waals surface area contributed by atoms with Crippen LogP contribution in [0, 0.1) is 26.7 Å². The smallest absolute Gasteiger partial charge is 0.308 e. The molecule has 20 heavy (non-hydrogen) atoms. The Balaban J connectivity index is 1.82. The molecule has 3 atom stereocenters. The van der Waals surface area contributed by atoms with Crippen molar-refractivity contribution in [3.8, 4) is 0 Å². The summed E-state index contributed by atoms with van der Waals surface area (Å²) in [5, 5.41) is 9.33. The van der Waals surface area contributed by atoms with Gasteiger partial charge in [0.1, 0.15) is 0 Å². The fourth-order valence-electron chi connectivity index (χ4n) is 4.00. The second kappa shape index (κ2) is 4.88. The lowest BCUT2D eigenvalue weighted by atomic mass is 9.89. The molecule has 2 heterocycles. The zero-order chi connectivity index (χ0) is 14.4. The summed E-state index contributed by atoms with van der Waals surface area (Å²) >= 11 is 0. The highest BCUT2D eigenvalue weighted by Gasteiger charge is 2.48. The minimum Gasteiger partial charge on any atom is -0.481 e. The quantitative estimate of drug-likeness (QED) is 0.920. The van der Waals surface area contributed by atoms with E-state index in [9.17, 15) is 9.90 Å². The Bertz CT molecular complexity index is 552. The Morgan fingerprint density at radius 3 is 2.55 bits per heavy atom. The van der Waals surface area contributed by atoms with Gasteiger partial charge in [-0.25, -0.2) is 0 Å². The summed E-state index contributed by atoms with van der Waals surface area (Å²) in [6, 6.07) is 5.25. The van der Waals surface area contributed by atoms with Gasteiger partial charge in [-0.15, -0.1) is 0 Å². The van der Waals surface area contributed by atoms with Gasteiger partial charge >= 0.3 is 5.97 Å². The molecule has 3 rings (SSSR count). The lowest BCUT2D eigenvalue weighted by molar-refractivity contribution is -0.142. The van der Waals surface area contributed by atoms with Crippen molar-refractivity contribution >= 4 is 5.97 Å². The van der Waals surface area contributed by atoms with Crippen LogP contribution in [-0.4, -0.2) is 28.1 Å². The normalized spacial score (nSPS) is 29.1. The van der Waals surface area contributed by atoms with Crippen molar-refractivity contribution in [3.63, 3.8) is 0 Å². The molecule has 0 aliphatic carbocycles.